The first kappa shape index (κ1) is 12.8. The molecular weight excluding hydrogens is 252 g/mol. The number of rotatable bonds is 6. The lowest BCUT2D eigenvalue weighted by Gasteiger charge is -2.10. The van der Waals surface area contributed by atoms with Gasteiger partial charge in [-0.15, -0.1) is 0 Å². The number of aliphatic carboxylic acids is 1. The number of nitrogens with zero attached hydrogens (tertiary/aromatic N) is 3. The Labute approximate surface area is 108 Å². The van der Waals surface area contributed by atoms with Crippen molar-refractivity contribution in [3.05, 3.63) is 12.7 Å². The van der Waals surface area contributed by atoms with Crippen molar-refractivity contribution in [1.29, 1.82) is 0 Å². The van der Waals surface area contributed by atoms with E-state index in [1.54, 1.807) is 0 Å². The number of carboxylic acids is 1. The lowest BCUT2D eigenvalue weighted by molar-refractivity contribution is -0.136. The Morgan fingerprint density at radius 2 is 2.33 bits per heavy atom. The highest BCUT2D eigenvalue weighted by molar-refractivity contribution is 8.00. The van der Waals surface area contributed by atoms with Crippen LogP contribution in [-0.2, 0) is 4.79 Å². The van der Waals surface area contributed by atoms with E-state index in [1.807, 2.05) is 6.92 Å². The molecule has 0 aliphatic carbocycles. The number of aromatic amines is 1. The third kappa shape index (κ3) is 2.79. The van der Waals surface area contributed by atoms with Crippen molar-refractivity contribution < 1.29 is 9.90 Å². The number of fused-ring (bicyclic) bond motifs is 1. The van der Waals surface area contributed by atoms with Gasteiger partial charge in [0.15, 0.2) is 5.65 Å². The molecule has 1 unspecified atom stereocenters. The van der Waals surface area contributed by atoms with Crippen LogP contribution in [0.25, 0.3) is 11.2 Å². The second-order valence-corrected chi connectivity index (χ2v) is 5.06. The van der Waals surface area contributed by atoms with E-state index in [2.05, 4.69) is 19.9 Å². The summed E-state index contributed by atoms with van der Waals surface area (Å²) >= 11 is 1.25. The number of imidazole rings is 1. The van der Waals surface area contributed by atoms with Gasteiger partial charge in [-0.3, -0.25) is 4.79 Å². The number of thioether (sulfide) groups is 1. The zero-order chi connectivity index (χ0) is 13.0. The van der Waals surface area contributed by atoms with Gasteiger partial charge in [-0.25, -0.2) is 15.0 Å². The molecule has 7 heteroatoms. The molecule has 96 valence electrons. The number of nitrogens with one attached hydrogen (secondary N) is 1. The zero-order valence-corrected chi connectivity index (χ0v) is 10.8. The summed E-state index contributed by atoms with van der Waals surface area (Å²) in [5.41, 5.74) is 1.26. The van der Waals surface area contributed by atoms with Gasteiger partial charge >= 0.3 is 5.97 Å². The lowest BCUT2D eigenvalue weighted by Crippen LogP contribution is -2.16. The Balaban J connectivity index is 2.20. The highest BCUT2D eigenvalue weighted by Crippen LogP contribution is 2.28. The summed E-state index contributed by atoms with van der Waals surface area (Å²) in [6.07, 6.45) is 5.44. The molecule has 2 rings (SSSR count). The Hall–Kier alpha value is -1.63. The van der Waals surface area contributed by atoms with E-state index in [0.717, 1.165) is 12.8 Å². The molecule has 2 N–H and O–H groups in total. The van der Waals surface area contributed by atoms with E-state index in [-0.39, 0.29) is 0 Å². The normalized spacial score (nSPS) is 12.7. The van der Waals surface area contributed by atoms with Crippen molar-refractivity contribution in [2.75, 3.05) is 0 Å². The molecule has 18 heavy (non-hydrogen) atoms. The quantitative estimate of drug-likeness (QED) is 0.614. The van der Waals surface area contributed by atoms with Crippen LogP contribution in [0.4, 0.5) is 0 Å². The molecule has 2 aromatic rings. The molecular formula is C11H14N4O2S. The number of aromatic nitrogens is 4. The molecule has 2 aromatic heterocycles. The summed E-state index contributed by atoms with van der Waals surface area (Å²) in [6.45, 7) is 2.04. The van der Waals surface area contributed by atoms with Gasteiger partial charge in [0.1, 0.15) is 22.1 Å². The van der Waals surface area contributed by atoms with Crippen LogP contribution < -0.4 is 0 Å². The molecule has 0 fully saturated rings. The molecule has 0 saturated heterocycles. The van der Waals surface area contributed by atoms with E-state index in [1.165, 1.54) is 24.4 Å². The van der Waals surface area contributed by atoms with Crippen LogP contribution in [-0.4, -0.2) is 36.3 Å². The standard InChI is InChI=1S/C11H14N4O2S/c1-2-3-4-7(11(16)17)18-10-8-9(13-5-12-8)14-6-15-10/h5-7H,2-4H2,1H3,(H,16,17)(H,12,13,14,15). The summed E-state index contributed by atoms with van der Waals surface area (Å²) in [5.74, 6) is -0.806. The minimum atomic E-state index is -0.806. The molecule has 2 heterocycles. The average molecular weight is 266 g/mol. The molecule has 0 spiro atoms. The van der Waals surface area contributed by atoms with Gasteiger partial charge in [-0.1, -0.05) is 31.5 Å². The predicted molar refractivity (Wildman–Crippen MR) is 68.5 cm³/mol. The minimum Gasteiger partial charge on any atom is -0.480 e. The van der Waals surface area contributed by atoms with E-state index < -0.39 is 11.2 Å². The van der Waals surface area contributed by atoms with E-state index >= 15 is 0 Å². The molecule has 0 radical (unpaired) electrons. The average Bonchev–Trinajstić information content (AvgIpc) is 2.83. The van der Waals surface area contributed by atoms with Crippen molar-refractivity contribution in [2.45, 2.75) is 36.5 Å². The first-order valence-electron chi connectivity index (χ1n) is 5.76. The van der Waals surface area contributed by atoms with Crippen molar-refractivity contribution in [2.24, 2.45) is 0 Å². The number of H-pyrrole nitrogens is 1. The van der Waals surface area contributed by atoms with Gasteiger partial charge in [0, 0.05) is 0 Å². The summed E-state index contributed by atoms with van der Waals surface area (Å²) in [4.78, 5) is 26.3. The Bertz CT molecular complexity index is 543. The maximum absolute atomic E-state index is 11.2. The second-order valence-electron chi connectivity index (χ2n) is 3.87. The van der Waals surface area contributed by atoms with Crippen LogP contribution in [0.5, 0.6) is 0 Å². The van der Waals surface area contributed by atoms with E-state index in [9.17, 15) is 9.90 Å². The zero-order valence-electron chi connectivity index (χ0n) is 9.96. The van der Waals surface area contributed by atoms with Gasteiger partial charge in [0.25, 0.3) is 0 Å². The number of hydrogen-bond acceptors (Lipinski definition) is 5. The molecule has 0 saturated carbocycles. The van der Waals surface area contributed by atoms with Gasteiger partial charge in [-0.05, 0) is 6.42 Å². The van der Waals surface area contributed by atoms with Crippen LogP contribution in [0.1, 0.15) is 26.2 Å². The van der Waals surface area contributed by atoms with Crippen LogP contribution in [0.2, 0.25) is 0 Å². The van der Waals surface area contributed by atoms with Gasteiger partial charge < -0.3 is 10.1 Å². The number of carbonyl (C=O) groups is 1. The fourth-order valence-electron chi connectivity index (χ4n) is 1.59. The largest absolute Gasteiger partial charge is 0.480 e. The van der Waals surface area contributed by atoms with Gasteiger partial charge in [-0.2, -0.15) is 0 Å². The molecule has 0 aromatic carbocycles. The number of carboxylic acid groups (broad SMARTS) is 1. The van der Waals surface area contributed by atoms with Crippen molar-refractivity contribution in [1.82, 2.24) is 19.9 Å². The Morgan fingerprint density at radius 1 is 1.50 bits per heavy atom. The summed E-state index contributed by atoms with van der Waals surface area (Å²) in [5, 5.41) is 9.35. The third-order valence-electron chi connectivity index (χ3n) is 2.54. The highest BCUT2D eigenvalue weighted by atomic mass is 32.2. The van der Waals surface area contributed by atoms with Crippen molar-refractivity contribution in [3.8, 4) is 0 Å². The maximum Gasteiger partial charge on any atom is 0.317 e. The van der Waals surface area contributed by atoms with E-state index in [4.69, 9.17) is 0 Å². The fourth-order valence-corrected chi connectivity index (χ4v) is 2.62. The molecule has 6 nitrogen and oxygen atoms in total. The molecule has 0 amide bonds. The topological polar surface area (TPSA) is 91.8 Å². The fraction of sp³-hybridized carbons (Fsp3) is 0.455. The molecule has 0 aliphatic rings. The van der Waals surface area contributed by atoms with Crippen LogP contribution >= 0.6 is 11.8 Å². The molecule has 1 atom stereocenters. The van der Waals surface area contributed by atoms with Gasteiger partial charge in [0.05, 0.1) is 6.33 Å². The predicted octanol–water partition coefficient (Wildman–Crippen LogP) is 2.09. The van der Waals surface area contributed by atoms with Crippen molar-refractivity contribution in [3.63, 3.8) is 0 Å². The molecule has 0 aliphatic heterocycles. The highest BCUT2D eigenvalue weighted by Gasteiger charge is 2.20. The van der Waals surface area contributed by atoms with E-state index in [0.29, 0.717) is 22.6 Å². The summed E-state index contributed by atoms with van der Waals surface area (Å²) in [6, 6.07) is 0. The third-order valence-corrected chi connectivity index (χ3v) is 3.79. The first-order chi connectivity index (χ1) is 8.72. The second kappa shape index (κ2) is 5.81. The van der Waals surface area contributed by atoms with Crippen LogP contribution in [0.15, 0.2) is 17.7 Å². The van der Waals surface area contributed by atoms with Crippen LogP contribution in [0, 0.1) is 0 Å². The Kier molecular flexibility index (Phi) is 4.14. The van der Waals surface area contributed by atoms with Crippen LogP contribution in [0.3, 0.4) is 0 Å². The SMILES string of the molecule is CCCCC(Sc1ncnc2nc[nH]c12)C(=O)O. The number of hydrogen-bond donors (Lipinski definition) is 2. The molecule has 0 bridgehead atoms. The Morgan fingerprint density at radius 3 is 3.06 bits per heavy atom. The first-order valence-corrected chi connectivity index (χ1v) is 6.64. The number of unbranched alkanes of at least 4 members (excludes halogenated alkanes) is 1. The summed E-state index contributed by atoms with van der Waals surface area (Å²) < 4.78 is 0. The lowest BCUT2D eigenvalue weighted by atomic mass is 10.2. The maximum atomic E-state index is 11.2. The van der Waals surface area contributed by atoms with Gasteiger partial charge in [0.2, 0.25) is 0 Å². The monoisotopic (exact) mass is 266 g/mol. The smallest absolute Gasteiger partial charge is 0.317 e. The minimum absolute atomic E-state index is 0.480. The van der Waals surface area contributed by atoms with Crippen molar-refractivity contribution >= 4 is 28.9 Å². The summed E-state index contributed by atoms with van der Waals surface area (Å²) in [7, 11) is 0.